The molecule has 14 heavy (non-hydrogen) atoms. The highest BCUT2D eigenvalue weighted by Crippen LogP contribution is 2.14. The third-order valence-corrected chi connectivity index (χ3v) is 3.17. The third kappa shape index (κ3) is 3.23. The zero-order valence-electron chi connectivity index (χ0n) is 9.92. The van der Waals surface area contributed by atoms with Crippen LogP contribution < -0.4 is 5.32 Å². The van der Waals surface area contributed by atoms with Gasteiger partial charge in [-0.1, -0.05) is 0 Å². The largest absolute Gasteiger partial charge is 0.379 e. The van der Waals surface area contributed by atoms with Gasteiger partial charge in [-0.05, 0) is 34.2 Å². The summed E-state index contributed by atoms with van der Waals surface area (Å²) in [6.45, 7) is 9.66. The molecule has 0 aromatic rings. The van der Waals surface area contributed by atoms with Crippen LogP contribution in [0, 0.1) is 0 Å². The molecular formula is C11H24N2O. The van der Waals surface area contributed by atoms with Crippen molar-refractivity contribution in [1.29, 1.82) is 0 Å². The molecule has 3 atom stereocenters. The molecule has 1 aliphatic heterocycles. The Balaban J connectivity index is 2.37. The molecule has 1 rings (SSSR count). The van der Waals surface area contributed by atoms with Crippen molar-refractivity contribution in [2.24, 2.45) is 0 Å². The zero-order valence-corrected chi connectivity index (χ0v) is 9.92. The molecule has 0 aromatic carbocycles. The maximum absolute atomic E-state index is 5.44. The second kappa shape index (κ2) is 5.69. The molecule has 0 spiro atoms. The quantitative estimate of drug-likeness (QED) is 0.735. The average molecular weight is 200 g/mol. The molecule has 3 nitrogen and oxygen atoms in total. The van der Waals surface area contributed by atoms with Gasteiger partial charge in [-0.25, -0.2) is 0 Å². The van der Waals surface area contributed by atoms with Crippen LogP contribution in [0.5, 0.6) is 0 Å². The number of ether oxygens (including phenoxy) is 1. The average Bonchev–Trinajstić information content (AvgIpc) is 2.18. The molecule has 1 fully saturated rings. The van der Waals surface area contributed by atoms with E-state index in [0.29, 0.717) is 18.1 Å². The summed E-state index contributed by atoms with van der Waals surface area (Å²) < 4.78 is 5.44. The molecule has 0 amide bonds. The number of rotatable bonds is 4. The first-order valence-electron chi connectivity index (χ1n) is 5.66. The maximum atomic E-state index is 5.44. The lowest BCUT2D eigenvalue weighted by molar-refractivity contribution is -0.0212. The number of morpholine rings is 1. The fourth-order valence-electron chi connectivity index (χ4n) is 2.16. The monoisotopic (exact) mass is 200 g/mol. The summed E-state index contributed by atoms with van der Waals surface area (Å²) in [4.78, 5) is 2.55. The van der Waals surface area contributed by atoms with Gasteiger partial charge in [-0.15, -0.1) is 0 Å². The van der Waals surface area contributed by atoms with Crippen LogP contribution in [0.1, 0.15) is 27.2 Å². The van der Waals surface area contributed by atoms with Crippen LogP contribution in [0.4, 0.5) is 0 Å². The van der Waals surface area contributed by atoms with Gasteiger partial charge >= 0.3 is 0 Å². The summed E-state index contributed by atoms with van der Waals surface area (Å²) in [5, 5.41) is 3.29. The molecule has 1 saturated heterocycles. The molecule has 1 heterocycles. The van der Waals surface area contributed by atoms with Gasteiger partial charge in [0, 0.05) is 24.7 Å². The Morgan fingerprint density at radius 2 is 2.21 bits per heavy atom. The van der Waals surface area contributed by atoms with Crippen LogP contribution in [0.2, 0.25) is 0 Å². The summed E-state index contributed by atoms with van der Waals surface area (Å²) in [7, 11) is 2.03. The minimum atomic E-state index is 0.572. The van der Waals surface area contributed by atoms with Crippen molar-refractivity contribution in [2.75, 3.05) is 26.8 Å². The van der Waals surface area contributed by atoms with E-state index in [9.17, 15) is 0 Å². The Hall–Kier alpha value is -0.120. The van der Waals surface area contributed by atoms with Crippen molar-refractivity contribution in [3.05, 3.63) is 0 Å². The smallest absolute Gasteiger partial charge is 0.0619 e. The number of nitrogens with zero attached hydrogens (tertiary/aromatic N) is 1. The van der Waals surface area contributed by atoms with Crippen LogP contribution >= 0.6 is 0 Å². The molecule has 1 N–H and O–H groups in total. The molecule has 1 aliphatic rings. The molecule has 0 bridgehead atoms. The van der Waals surface area contributed by atoms with E-state index in [-0.39, 0.29) is 0 Å². The number of nitrogens with one attached hydrogen (secondary N) is 1. The molecule has 0 aliphatic carbocycles. The predicted molar refractivity (Wildman–Crippen MR) is 59.6 cm³/mol. The van der Waals surface area contributed by atoms with Crippen LogP contribution in [0.25, 0.3) is 0 Å². The normalized spacial score (nSPS) is 28.7. The van der Waals surface area contributed by atoms with Gasteiger partial charge < -0.3 is 10.1 Å². The SMILES string of the molecule is CNC(C)CC(C)N1CCOCC1C. The van der Waals surface area contributed by atoms with Gasteiger partial charge in [0.05, 0.1) is 13.2 Å². The first kappa shape index (κ1) is 12.0. The Morgan fingerprint density at radius 1 is 1.50 bits per heavy atom. The Morgan fingerprint density at radius 3 is 2.79 bits per heavy atom. The molecule has 0 aromatic heterocycles. The lowest BCUT2D eigenvalue weighted by atomic mass is 10.1. The topological polar surface area (TPSA) is 24.5 Å². The lowest BCUT2D eigenvalue weighted by Crippen LogP contribution is -2.49. The Bertz CT molecular complexity index is 163. The second-order valence-electron chi connectivity index (χ2n) is 4.44. The molecular weight excluding hydrogens is 176 g/mol. The highest BCUT2D eigenvalue weighted by molar-refractivity contribution is 4.78. The van der Waals surface area contributed by atoms with Crippen molar-refractivity contribution in [1.82, 2.24) is 10.2 Å². The summed E-state index contributed by atoms with van der Waals surface area (Å²) in [6, 6.07) is 1.82. The Labute approximate surface area is 87.8 Å². The van der Waals surface area contributed by atoms with Crippen LogP contribution in [-0.4, -0.2) is 49.8 Å². The Kier molecular flexibility index (Phi) is 4.85. The first-order chi connectivity index (χ1) is 6.65. The summed E-state index contributed by atoms with van der Waals surface area (Å²) in [5.41, 5.74) is 0. The van der Waals surface area contributed by atoms with Crippen molar-refractivity contribution < 1.29 is 4.74 Å². The minimum Gasteiger partial charge on any atom is -0.379 e. The fourth-order valence-corrected chi connectivity index (χ4v) is 2.16. The fraction of sp³-hybridized carbons (Fsp3) is 1.00. The van der Waals surface area contributed by atoms with E-state index in [1.54, 1.807) is 0 Å². The predicted octanol–water partition coefficient (Wildman–Crippen LogP) is 1.09. The van der Waals surface area contributed by atoms with Crippen molar-refractivity contribution in [3.8, 4) is 0 Å². The van der Waals surface area contributed by atoms with Crippen molar-refractivity contribution in [2.45, 2.75) is 45.3 Å². The second-order valence-corrected chi connectivity index (χ2v) is 4.44. The van der Waals surface area contributed by atoms with E-state index < -0.39 is 0 Å². The summed E-state index contributed by atoms with van der Waals surface area (Å²) in [6.07, 6.45) is 1.21. The van der Waals surface area contributed by atoms with E-state index in [1.165, 1.54) is 6.42 Å². The molecule has 0 radical (unpaired) electrons. The van der Waals surface area contributed by atoms with Gasteiger partial charge in [-0.2, -0.15) is 0 Å². The van der Waals surface area contributed by atoms with Gasteiger partial charge in [0.15, 0.2) is 0 Å². The van der Waals surface area contributed by atoms with Crippen LogP contribution in [-0.2, 0) is 4.74 Å². The minimum absolute atomic E-state index is 0.572. The van der Waals surface area contributed by atoms with E-state index in [2.05, 4.69) is 31.0 Å². The van der Waals surface area contributed by atoms with Crippen molar-refractivity contribution in [3.63, 3.8) is 0 Å². The maximum Gasteiger partial charge on any atom is 0.0619 e. The van der Waals surface area contributed by atoms with Crippen molar-refractivity contribution >= 4 is 0 Å². The highest BCUT2D eigenvalue weighted by Gasteiger charge is 2.24. The van der Waals surface area contributed by atoms with Crippen LogP contribution in [0.15, 0.2) is 0 Å². The first-order valence-corrected chi connectivity index (χ1v) is 5.66. The lowest BCUT2D eigenvalue weighted by Gasteiger charge is -2.38. The molecule has 3 heteroatoms. The molecule has 84 valence electrons. The van der Waals surface area contributed by atoms with Gasteiger partial charge in [0.25, 0.3) is 0 Å². The summed E-state index contributed by atoms with van der Waals surface area (Å²) >= 11 is 0. The van der Waals surface area contributed by atoms with Gasteiger partial charge in [0.1, 0.15) is 0 Å². The van der Waals surface area contributed by atoms with E-state index in [4.69, 9.17) is 4.74 Å². The zero-order chi connectivity index (χ0) is 10.6. The standard InChI is InChI=1S/C11H24N2O/c1-9(12-4)7-10(2)13-5-6-14-8-11(13)3/h9-12H,5-8H2,1-4H3. The van der Waals surface area contributed by atoms with E-state index in [0.717, 1.165) is 19.8 Å². The van der Waals surface area contributed by atoms with E-state index in [1.807, 2.05) is 7.05 Å². The third-order valence-electron chi connectivity index (χ3n) is 3.17. The highest BCUT2D eigenvalue weighted by atomic mass is 16.5. The number of hydrogen-bond donors (Lipinski definition) is 1. The molecule has 0 saturated carbocycles. The van der Waals surface area contributed by atoms with E-state index >= 15 is 0 Å². The summed E-state index contributed by atoms with van der Waals surface area (Å²) in [5.74, 6) is 0. The van der Waals surface area contributed by atoms with Gasteiger partial charge in [-0.3, -0.25) is 4.90 Å². The van der Waals surface area contributed by atoms with Crippen LogP contribution in [0.3, 0.4) is 0 Å². The molecule has 3 unspecified atom stereocenters. The number of hydrogen-bond acceptors (Lipinski definition) is 3. The van der Waals surface area contributed by atoms with Gasteiger partial charge in [0.2, 0.25) is 0 Å².